The van der Waals surface area contributed by atoms with E-state index < -0.39 is 10.0 Å². The van der Waals surface area contributed by atoms with Crippen molar-refractivity contribution in [3.05, 3.63) is 37.1 Å². The molecule has 0 aliphatic heterocycles. The van der Waals surface area contributed by atoms with Crippen LogP contribution >= 0.6 is 0 Å². The molecule has 114 valence electrons. The minimum Gasteiger partial charge on any atom is -0.283 e. The molecule has 0 spiro atoms. The monoisotopic (exact) mass is 318 g/mol. The maximum atomic E-state index is 12.6. The lowest BCUT2D eigenvalue weighted by atomic mass is 9.93. The number of nitrogens with zero attached hydrogens (tertiary/aromatic N) is 5. The van der Waals surface area contributed by atoms with Crippen molar-refractivity contribution < 1.29 is 8.42 Å². The van der Waals surface area contributed by atoms with Crippen LogP contribution in [0.3, 0.4) is 0 Å². The van der Waals surface area contributed by atoms with E-state index in [0.717, 1.165) is 19.3 Å². The quantitative estimate of drug-likeness (QED) is 0.786. The number of hydrogen-bond acceptors (Lipinski definition) is 5. The highest BCUT2D eigenvalue weighted by molar-refractivity contribution is 7.92. The summed E-state index contributed by atoms with van der Waals surface area (Å²) in [7, 11) is -3.71. The second kappa shape index (κ2) is 4.80. The zero-order valence-electron chi connectivity index (χ0n) is 11.6. The summed E-state index contributed by atoms with van der Waals surface area (Å²) in [6, 6.07) is 1.69. The molecule has 3 aromatic rings. The van der Waals surface area contributed by atoms with Gasteiger partial charge in [-0.25, -0.2) is 9.67 Å². The average molecular weight is 318 g/mol. The molecule has 3 heterocycles. The fraction of sp³-hybridized carbons (Fsp3) is 0.308. The number of rotatable bonds is 4. The van der Waals surface area contributed by atoms with Crippen molar-refractivity contribution in [1.82, 2.24) is 24.1 Å². The van der Waals surface area contributed by atoms with E-state index in [1.165, 1.54) is 18.5 Å². The summed E-state index contributed by atoms with van der Waals surface area (Å²) in [4.78, 5) is 8.07. The molecule has 1 aliphatic carbocycles. The maximum absolute atomic E-state index is 12.6. The summed E-state index contributed by atoms with van der Waals surface area (Å²) < 4.78 is 31.1. The van der Waals surface area contributed by atoms with E-state index in [9.17, 15) is 8.42 Å². The number of hydrogen-bond donors (Lipinski definition) is 1. The van der Waals surface area contributed by atoms with Crippen LogP contribution in [0.25, 0.3) is 5.65 Å². The van der Waals surface area contributed by atoms with E-state index in [1.54, 1.807) is 27.7 Å². The standard InChI is InChI=1S/C13H14N6O2S/c20-22(21,13-4-5-16-19(13)10-2-1-3-10)17-12-9-15-11-8-14-6-7-18(11)12/h4-10,17H,1-3H2. The van der Waals surface area contributed by atoms with Gasteiger partial charge in [-0.1, -0.05) is 0 Å². The molecule has 1 N–H and O–H groups in total. The molecule has 3 aromatic heterocycles. The first-order chi connectivity index (χ1) is 10.6. The van der Waals surface area contributed by atoms with Crippen molar-refractivity contribution in [2.24, 2.45) is 0 Å². The second-order valence-corrected chi connectivity index (χ2v) is 6.88. The van der Waals surface area contributed by atoms with Crippen LogP contribution in [0.15, 0.2) is 42.1 Å². The van der Waals surface area contributed by atoms with Gasteiger partial charge in [-0.3, -0.25) is 14.1 Å². The van der Waals surface area contributed by atoms with E-state index >= 15 is 0 Å². The number of nitrogens with one attached hydrogen (secondary N) is 1. The smallest absolute Gasteiger partial charge is 0.280 e. The third kappa shape index (κ3) is 2.05. The molecule has 1 fully saturated rings. The number of imidazole rings is 1. The lowest BCUT2D eigenvalue weighted by Gasteiger charge is -2.27. The molecule has 0 aromatic carbocycles. The minimum atomic E-state index is -3.71. The molecule has 0 saturated heterocycles. The summed E-state index contributed by atoms with van der Waals surface area (Å²) in [6.07, 6.45) is 10.8. The van der Waals surface area contributed by atoms with Gasteiger partial charge >= 0.3 is 0 Å². The Kier molecular flexibility index (Phi) is 2.89. The summed E-state index contributed by atoms with van der Waals surface area (Å²) in [5, 5.41) is 4.34. The highest BCUT2D eigenvalue weighted by atomic mass is 32.2. The van der Waals surface area contributed by atoms with Gasteiger partial charge in [-0.15, -0.1) is 0 Å². The van der Waals surface area contributed by atoms with Gasteiger partial charge in [-0.2, -0.15) is 13.5 Å². The normalized spacial score (nSPS) is 15.8. The molecule has 4 rings (SSSR count). The Hall–Kier alpha value is -2.42. The second-order valence-electron chi connectivity index (χ2n) is 5.25. The van der Waals surface area contributed by atoms with Crippen LogP contribution in [0.2, 0.25) is 0 Å². The number of sulfonamides is 1. The predicted octanol–water partition coefficient (Wildman–Crippen LogP) is 1.45. The van der Waals surface area contributed by atoms with Crippen LogP contribution in [0.5, 0.6) is 0 Å². The van der Waals surface area contributed by atoms with Gasteiger partial charge in [0.1, 0.15) is 5.82 Å². The Balaban J connectivity index is 1.71. The van der Waals surface area contributed by atoms with Crippen LogP contribution in [-0.4, -0.2) is 32.6 Å². The van der Waals surface area contributed by atoms with Crippen LogP contribution < -0.4 is 4.72 Å². The van der Waals surface area contributed by atoms with Crippen molar-refractivity contribution in [2.75, 3.05) is 4.72 Å². The zero-order valence-corrected chi connectivity index (χ0v) is 12.4. The third-order valence-corrected chi connectivity index (χ3v) is 5.24. The van der Waals surface area contributed by atoms with Crippen LogP contribution in [0.1, 0.15) is 25.3 Å². The van der Waals surface area contributed by atoms with Gasteiger partial charge in [0.15, 0.2) is 10.7 Å². The largest absolute Gasteiger partial charge is 0.283 e. The molecule has 1 aliphatic rings. The first kappa shape index (κ1) is 13.3. The molecule has 0 amide bonds. The van der Waals surface area contributed by atoms with Gasteiger partial charge in [0.25, 0.3) is 10.0 Å². The molecule has 9 heteroatoms. The summed E-state index contributed by atoms with van der Waals surface area (Å²) in [6.45, 7) is 0. The van der Waals surface area contributed by atoms with E-state index in [1.807, 2.05) is 0 Å². The third-order valence-electron chi connectivity index (χ3n) is 3.89. The predicted molar refractivity (Wildman–Crippen MR) is 78.9 cm³/mol. The average Bonchev–Trinajstić information content (AvgIpc) is 3.05. The molecule has 0 radical (unpaired) electrons. The minimum absolute atomic E-state index is 0.174. The van der Waals surface area contributed by atoms with Gasteiger partial charge in [0.2, 0.25) is 0 Å². The van der Waals surface area contributed by atoms with Crippen molar-refractivity contribution in [3.8, 4) is 0 Å². The summed E-state index contributed by atoms with van der Waals surface area (Å²) in [5.74, 6) is 0.374. The van der Waals surface area contributed by atoms with E-state index in [0.29, 0.717) is 11.5 Å². The topological polar surface area (TPSA) is 94.2 Å². The van der Waals surface area contributed by atoms with Gasteiger partial charge < -0.3 is 0 Å². The van der Waals surface area contributed by atoms with Gasteiger partial charge in [-0.05, 0) is 25.3 Å². The lowest BCUT2D eigenvalue weighted by Crippen LogP contribution is -2.25. The maximum Gasteiger partial charge on any atom is 0.280 e. The molecule has 0 unspecified atom stereocenters. The fourth-order valence-corrected chi connectivity index (χ4v) is 3.74. The SMILES string of the molecule is O=S(=O)(Nc1cnc2cnccn12)c1ccnn1C1CCC1. The number of aromatic nitrogens is 5. The Bertz CT molecular complexity index is 925. The van der Waals surface area contributed by atoms with Crippen molar-refractivity contribution >= 4 is 21.5 Å². The first-order valence-corrected chi connectivity index (χ1v) is 8.47. The summed E-state index contributed by atoms with van der Waals surface area (Å²) in [5.41, 5.74) is 0.577. The highest BCUT2D eigenvalue weighted by Gasteiger charge is 2.28. The van der Waals surface area contributed by atoms with Crippen molar-refractivity contribution in [2.45, 2.75) is 30.3 Å². The van der Waals surface area contributed by atoms with Gasteiger partial charge in [0, 0.05) is 12.4 Å². The summed E-state index contributed by atoms with van der Waals surface area (Å²) >= 11 is 0. The molecule has 8 nitrogen and oxygen atoms in total. The zero-order chi connectivity index (χ0) is 15.2. The Morgan fingerprint density at radius 1 is 1.23 bits per heavy atom. The highest BCUT2D eigenvalue weighted by Crippen LogP contribution is 2.33. The van der Waals surface area contributed by atoms with E-state index in [2.05, 4.69) is 19.8 Å². The Labute approximate surface area is 126 Å². The Morgan fingerprint density at radius 3 is 2.86 bits per heavy atom. The molecule has 22 heavy (non-hydrogen) atoms. The van der Waals surface area contributed by atoms with E-state index in [4.69, 9.17) is 0 Å². The van der Waals surface area contributed by atoms with Crippen LogP contribution in [0, 0.1) is 0 Å². The molecule has 1 saturated carbocycles. The molecule has 0 atom stereocenters. The van der Waals surface area contributed by atoms with Crippen LogP contribution in [-0.2, 0) is 10.0 Å². The Morgan fingerprint density at radius 2 is 2.09 bits per heavy atom. The number of fused-ring (bicyclic) bond motifs is 1. The fourth-order valence-electron chi connectivity index (χ4n) is 2.53. The van der Waals surface area contributed by atoms with Gasteiger partial charge in [0.05, 0.1) is 24.6 Å². The molecular formula is C13H14N6O2S. The molecule has 0 bridgehead atoms. The lowest BCUT2D eigenvalue weighted by molar-refractivity contribution is 0.271. The number of anilines is 1. The van der Waals surface area contributed by atoms with E-state index in [-0.39, 0.29) is 11.1 Å². The molecular weight excluding hydrogens is 304 g/mol. The van der Waals surface area contributed by atoms with Crippen LogP contribution in [0.4, 0.5) is 5.82 Å². The van der Waals surface area contributed by atoms with Crippen molar-refractivity contribution in [3.63, 3.8) is 0 Å². The first-order valence-electron chi connectivity index (χ1n) is 6.98. The van der Waals surface area contributed by atoms with Crippen molar-refractivity contribution in [1.29, 1.82) is 0 Å².